The Hall–Kier alpha value is -2.61. The third-order valence-electron chi connectivity index (χ3n) is 4.06. The third-order valence-corrected chi connectivity index (χ3v) is 4.06. The molecule has 1 N–H and O–H groups in total. The van der Waals surface area contributed by atoms with E-state index in [9.17, 15) is 9.90 Å². The Kier molecular flexibility index (Phi) is 2.21. The van der Waals surface area contributed by atoms with Crippen molar-refractivity contribution < 1.29 is 9.90 Å². The van der Waals surface area contributed by atoms with Crippen LogP contribution in [0.3, 0.4) is 0 Å². The minimum Gasteiger partial charge on any atom is -0.478 e. The fourth-order valence-corrected chi connectivity index (χ4v) is 3.20. The van der Waals surface area contributed by atoms with E-state index in [4.69, 9.17) is 0 Å². The van der Waals surface area contributed by atoms with Crippen LogP contribution in [-0.2, 0) is 6.42 Å². The van der Waals surface area contributed by atoms with E-state index >= 15 is 0 Å². The van der Waals surface area contributed by atoms with Gasteiger partial charge in [-0.05, 0) is 40.1 Å². The van der Waals surface area contributed by atoms with Crippen LogP contribution in [0, 0.1) is 0 Å². The van der Waals surface area contributed by atoms with Crippen molar-refractivity contribution >= 4 is 16.7 Å². The number of carboxylic acids is 1. The van der Waals surface area contributed by atoms with Gasteiger partial charge in [0.15, 0.2) is 0 Å². The largest absolute Gasteiger partial charge is 0.478 e. The Balaban J connectivity index is 2.12. The summed E-state index contributed by atoms with van der Waals surface area (Å²) in [7, 11) is 0. The summed E-state index contributed by atoms with van der Waals surface area (Å²) in [5.74, 6) is -0.861. The molecule has 0 fully saturated rings. The average molecular weight is 260 g/mol. The molecule has 96 valence electrons. The summed E-state index contributed by atoms with van der Waals surface area (Å²) in [6.45, 7) is 0. The highest BCUT2D eigenvalue weighted by molar-refractivity contribution is 6.08. The molecule has 0 radical (unpaired) electrons. The van der Waals surface area contributed by atoms with Crippen LogP contribution in [0.4, 0.5) is 0 Å². The van der Waals surface area contributed by atoms with Crippen LogP contribution in [0.1, 0.15) is 21.5 Å². The van der Waals surface area contributed by atoms with E-state index in [2.05, 4.69) is 18.2 Å². The summed E-state index contributed by atoms with van der Waals surface area (Å²) in [4.78, 5) is 11.5. The fourth-order valence-electron chi connectivity index (χ4n) is 3.20. The normalized spacial score (nSPS) is 12.2. The lowest BCUT2D eigenvalue weighted by molar-refractivity contribution is 0.0699. The minimum atomic E-state index is -0.861. The summed E-state index contributed by atoms with van der Waals surface area (Å²) < 4.78 is 0. The second-order valence-corrected chi connectivity index (χ2v) is 5.13. The van der Waals surface area contributed by atoms with Gasteiger partial charge in [-0.1, -0.05) is 48.5 Å². The Morgan fingerprint density at radius 2 is 1.75 bits per heavy atom. The van der Waals surface area contributed by atoms with Gasteiger partial charge in [0.2, 0.25) is 0 Å². The predicted octanol–water partition coefficient (Wildman–Crippen LogP) is 4.11. The Morgan fingerprint density at radius 3 is 2.60 bits per heavy atom. The quantitative estimate of drug-likeness (QED) is 0.559. The van der Waals surface area contributed by atoms with E-state index in [1.807, 2.05) is 24.3 Å². The van der Waals surface area contributed by atoms with Gasteiger partial charge in [-0.25, -0.2) is 4.79 Å². The first kappa shape index (κ1) is 11.2. The molecule has 2 heteroatoms. The number of rotatable bonds is 1. The third kappa shape index (κ3) is 1.42. The smallest absolute Gasteiger partial charge is 0.336 e. The van der Waals surface area contributed by atoms with Crippen molar-refractivity contribution in [3.63, 3.8) is 0 Å². The molecule has 0 amide bonds. The molecule has 0 aliphatic heterocycles. The van der Waals surface area contributed by atoms with E-state index in [1.165, 1.54) is 16.7 Å². The van der Waals surface area contributed by atoms with Crippen LogP contribution < -0.4 is 0 Å². The van der Waals surface area contributed by atoms with Gasteiger partial charge in [0.1, 0.15) is 0 Å². The Bertz CT molecular complexity index is 862. The molecule has 1 aliphatic carbocycles. The number of carboxylic acid groups (broad SMARTS) is 1. The summed E-state index contributed by atoms with van der Waals surface area (Å²) in [5.41, 5.74) is 5.20. The first-order valence-electron chi connectivity index (χ1n) is 6.62. The first-order chi connectivity index (χ1) is 9.75. The highest BCUT2D eigenvalue weighted by atomic mass is 16.4. The zero-order chi connectivity index (χ0) is 13.7. The molecule has 4 rings (SSSR count). The van der Waals surface area contributed by atoms with E-state index in [-0.39, 0.29) is 0 Å². The molecule has 1 aliphatic rings. The van der Waals surface area contributed by atoms with Crippen LogP contribution >= 0.6 is 0 Å². The highest BCUT2D eigenvalue weighted by Gasteiger charge is 2.22. The van der Waals surface area contributed by atoms with Crippen molar-refractivity contribution in [2.24, 2.45) is 0 Å². The van der Waals surface area contributed by atoms with E-state index in [0.29, 0.717) is 5.56 Å². The van der Waals surface area contributed by atoms with Crippen LogP contribution in [-0.4, -0.2) is 11.1 Å². The molecule has 0 atom stereocenters. The second-order valence-electron chi connectivity index (χ2n) is 5.13. The highest BCUT2D eigenvalue weighted by Crippen LogP contribution is 2.41. The number of carbonyl (C=O) groups is 1. The maximum atomic E-state index is 11.5. The summed E-state index contributed by atoms with van der Waals surface area (Å²) in [6, 6.07) is 17.9. The van der Waals surface area contributed by atoms with Gasteiger partial charge < -0.3 is 5.11 Å². The number of fused-ring (bicyclic) bond motifs is 5. The SMILES string of the molecule is O=C(O)c1cccc2ccc3c(c12)Cc1ccccc1-3. The molecule has 0 aromatic heterocycles. The lowest BCUT2D eigenvalue weighted by Gasteiger charge is -2.08. The zero-order valence-electron chi connectivity index (χ0n) is 10.8. The lowest BCUT2D eigenvalue weighted by Crippen LogP contribution is -1.99. The molecule has 0 spiro atoms. The Labute approximate surface area is 116 Å². The van der Waals surface area contributed by atoms with Crippen molar-refractivity contribution in [1.82, 2.24) is 0 Å². The molecule has 0 unspecified atom stereocenters. The predicted molar refractivity (Wildman–Crippen MR) is 79.1 cm³/mol. The van der Waals surface area contributed by atoms with Crippen molar-refractivity contribution in [2.45, 2.75) is 6.42 Å². The lowest BCUT2D eigenvalue weighted by atomic mass is 9.95. The molecule has 2 nitrogen and oxygen atoms in total. The van der Waals surface area contributed by atoms with Crippen molar-refractivity contribution in [3.05, 3.63) is 71.3 Å². The molecule has 3 aromatic carbocycles. The first-order valence-corrected chi connectivity index (χ1v) is 6.62. The standard InChI is InChI=1S/C18H12O2/c19-18(20)15-7-3-5-11-8-9-14-13-6-2-1-4-12(13)10-16(14)17(11)15/h1-9H,10H2,(H,19,20). The molecule has 3 aromatic rings. The molecular weight excluding hydrogens is 248 g/mol. The summed E-state index contributed by atoms with van der Waals surface area (Å²) in [6.07, 6.45) is 0.813. The van der Waals surface area contributed by atoms with Crippen LogP contribution in [0.5, 0.6) is 0 Å². The number of aromatic carboxylic acids is 1. The fraction of sp³-hybridized carbons (Fsp3) is 0.0556. The molecule has 20 heavy (non-hydrogen) atoms. The minimum absolute atomic E-state index is 0.396. The van der Waals surface area contributed by atoms with Crippen molar-refractivity contribution in [2.75, 3.05) is 0 Å². The van der Waals surface area contributed by atoms with Gasteiger partial charge in [0, 0.05) is 5.39 Å². The van der Waals surface area contributed by atoms with Crippen LogP contribution in [0.2, 0.25) is 0 Å². The second kappa shape index (κ2) is 3.94. The molecule has 0 saturated heterocycles. The molecule has 0 bridgehead atoms. The maximum absolute atomic E-state index is 11.5. The zero-order valence-corrected chi connectivity index (χ0v) is 10.8. The van der Waals surface area contributed by atoms with Gasteiger partial charge >= 0.3 is 5.97 Å². The van der Waals surface area contributed by atoms with Gasteiger partial charge in [-0.15, -0.1) is 0 Å². The van der Waals surface area contributed by atoms with Crippen molar-refractivity contribution in [3.8, 4) is 11.1 Å². The monoisotopic (exact) mass is 260 g/mol. The van der Waals surface area contributed by atoms with E-state index < -0.39 is 5.97 Å². The summed E-state index contributed by atoms with van der Waals surface area (Å²) >= 11 is 0. The number of benzene rings is 3. The van der Waals surface area contributed by atoms with E-state index in [1.54, 1.807) is 12.1 Å². The van der Waals surface area contributed by atoms with E-state index in [0.717, 1.165) is 22.8 Å². The molecule has 0 heterocycles. The van der Waals surface area contributed by atoms with Crippen LogP contribution in [0.25, 0.3) is 21.9 Å². The number of hydrogen-bond acceptors (Lipinski definition) is 1. The van der Waals surface area contributed by atoms with Crippen molar-refractivity contribution in [1.29, 1.82) is 0 Å². The summed E-state index contributed by atoms with van der Waals surface area (Å²) in [5, 5.41) is 11.3. The average Bonchev–Trinajstić information content (AvgIpc) is 2.85. The Morgan fingerprint density at radius 1 is 0.900 bits per heavy atom. The van der Waals surface area contributed by atoms with Gasteiger partial charge in [0.25, 0.3) is 0 Å². The molecule has 0 saturated carbocycles. The van der Waals surface area contributed by atoms with Gasteiger partial charge in [-0.3, -0.25) is 0 Å². The maximum Gasteiger partial charge on any atom is 0.336 e. The van der Waals surface area contributed by atoms with Gasteiger partial charge in [-0.2, -0.15) is 0 Å². The topological polar surface area (TPSA) is 37.3 Å². The number of hydrogen-bond donors (Lipinski definition) is 1. The van der Waals surface area contributed by atoms with Crippen LogP contribution in [0.15, 0.2) is 54.6 Å². The molecular formula is C18H12O2. The van der Waals surface area contributed by atoms with Gasteiger partial charge in [0.05, 0.1) is 5.56 Å².